The summed E-state index contributed by atoms with van der Waals surface area (Å²) in [6.07, 6.45) is 5.53. The van der Waals surface area contributed by atoms with Crippen LogP contribution in [0.2, 0.25) is 0 Å². The van der Waals surface area contributed by atoms with Crippen molar-refractivity contribution in [1.29, 1.82) is 0 Å². The van der Waals surface area contributed by atoms with Crippen LogP contribution in [0.15, 0.2) is 18.3 Å². The highest BCUT2D eigenvalue weighted by Crippen LogP contribution is 2.30. The third-order valence-corrected chi connectivity index (χ3v) is 3.41. The number of pyridine rings is 1. The van der Waals surface area contributed by atoms with Gasteiger partial charge >= 0.3 is 0 Å². The summed E-state index contributed by atoms with van der Waals surface area (Å²) < 4.78 is 0. The Kier molecular flexibility index (Phi) is 3.61. The molecule has 2 rings (SSSR count). The molecule has 0 aromatic carbocycles. The van der Waals surface area contributed by atoms with E-state index in [1.807, 2.05) is 6.07 Å². The number of aromatic nitrogens is 1. The number of anilines is 1. The maximum Gasteiger partial charge on any atom is 0.267 e. The van der Waals surface area contributed by atoms with Crippen molar-refractivity contribution in [2.75, 3.05) is 11.9 Å². The number of amides is 1. The molecule has 1 heterocycles. The Morgan fingerprint density at radius 3 is 3.06 bits per heavy atom. The summed E-state index contributed by atoms with van der Waals surface area (Å²) in [4.78, 5) is 14.9. The van der Waals surface area contributed by atoms with Crippen LogP contribution in [0.1, 0.15) is 36.7 Å². The highest BCUT2D eigenvalue weighted by Gasteiger charge is 2.20. The van der Waals surface area contributed by atoms with Crippen LogP contribution in [-0.2, 0) is 0 Å². The molecule has 2 unspecified atom stereocenters. The van der Waals surface area contributed by atoms with Gasteiger partial charge in [-0.05, 0) is 36.8 Å². The summed E-state index contributed by atoms with van der Waals surface area (Å²) in [5, 5.41) is 3.35. The van der Waals surface area contributed by atoms with Crippen molar-refractivity contribution in [2.45, 2.75) is 26.2 Å². The highest BCUT2D eigenvalue weighted by molar-refractivity contribution is 5.91. The van der Waals surface area contributed by atoms with Gasteiger partial charge in [-0.25, -0.2) is 0 Å². The molecule has 1 fully saturated rings. The van der Waals surface area contributed by atoms with Gasteiger partial charge in [0.25, 0.3) is 5.91 Å². The number of carbonyl (C=O) groups excluding carboxylic acids is 1. The Balaban J connectivity index is 1.90. The first-order valence-electron chi connectivity index (χ1n) is 6.15. The van der Waals surface area contributed by atoms with E-state index in [1.54, 1.807) is 12.3 Å². The smallest absolute Gasteiger partial charge is 0.267 e. The zero-order valence-corrected chi connectivity index (χ0v) is 10.1. The second-order valence-corrected chi connectivity index (χ2v) is 4.96. The molecular formula is C13H19N3O. The fourth-order valence-corrected chi connectivity index (χ4v) is 2.45. The average Bonchev–Trinajstić information content (AvgIpc) is 2.73. The second kappa shape index (κ2) is 5.17. The standard InChI is InChI=1S/C13H19N3O/c1-9-2-3-10(6-9)8-16-11-4-5-15-12(7-11)13(14)17/h4-5,7,9-10H,2-3,6,8H2,1H3,(H2,14,17)(H,15,16). The maximum atomic E-state index is 11.0. The Morgan fingerprint density at radius 1 is 1.59 bits per heavy atom. The SMILES string of the molecule is CC1CCC(CNc2ccnc(C(N)=O)c2)C1. The number of nitrogens with zero attached hydrogens (tertiary/aromatic N) is 1. The first-order chi connectivity index (χ1) is 8.15. The number of nitrogens with two attached hydrogens (primary N) is 1. The van der Waals surface area contributed by atoms with Crippen LogP contribution in [0.5, 0.6) is 0 Å². The predicted molar refractivity (Wildman–Crippen MR) is 67.7 cm³/mol. The van der Waals surface area contributed by atoms with Crippen molar-refractivity contribution < 1.29 is 4.79 Å². The van der Waals surface area contributed by atoms with Crippen LogP contribution >= 0.6 is 0 Å². The Hall–Kier alpha value is -1.58. The van der Waals surface area contributed by atoms with Crippen LogP contribution < -0.4 is 11.1 Å². The summed E-state index contributed by atoms with van der Waals surface area (Å²) in [6.45, 7) is 3.27. The van der Waals surface area contributed by atoms with E-state index >= 15 is 0 Å². The lowest BCUT2D eigenvalue weighted by Gasteiger charge is -2.12. The van der Waals surface area contributed by atoms with Gasteiger partial charge in [0.2, 0.25) is 0 Å². The lowest BCUT2D eigenvalue weighted by molar-refractivity contribution is 0.0995. The fraction of sp³-hybridized carbons (Fsp3) is 0.538. The minimum absolute atomic E-state index is 0.315. The van der Waals surface area contributed by atoms with Crippen molar-refractivity contribution in [3.63, 3.8) is 0 Å². The fourth-order valence-electron chi connectivity index (χ4n) is 2.45. The van der Waals surface area contributed by atoms with Crippen molar-refractivity contribution in [3.8, 4) is 0 Å². The molecule has 3 N–H and O–H groups in total. The van der Waals surface area contributed by atoms with Gasteiger partial charge in [-0.1, -0.05) is 13.3 Å². The van der Waals surface area contributed by atoms with Gasteiger partial charge in [0.15, 0.2) is 0 Å². The van der Waals surface area contributed by atoms with Gasteiger partial charge < -0.3 is 11.1 Å². The van der Waals surface area contributed by atoms with Crippen molar-refractivity contribution in [1.82, 2.24) is 4.98 Å². The Bertz CT molecular complexity index is 405. The maximum absolute atomic E-state index is 11.0. The van der Waals surface area contributed by atoms with Crippen molar-refractivity contribution >= 4 is 11.6 Å². The normalized spacial score (nSPS) is 23.6. The number of hydrogen-bond acceptors (Lipinski definition) is 3. The number of nitrogens with one attached hydrogen (secondary N) is 1. The lowest BCUT2D eigenvalue weighted by Crippen LogP contribution is -2.15. The van der Waals surface area contributed by atoms with E-state index in [1.165, 1.54) is 19.3 Å². The molecule has 4 nitrogen and oxygen atoms in total. The summed E-state index contributed by atoms with van der Waals surface area (Å²) in [5.41, 5.74) is 6.43. The van der Waals surface area contributed by atoms with Gasteiger partial charge in [-0.3, -0.25) is 9.78 Å². The van der Waals surface area contributed by atoms with Crippen LogP contribution in [-0.4, -0.2) is 17.4 Å². The monoisotopic (exact) mass is 233 g/mol. The number of hydrogen-bond donors (Lipinski definition) is 2. The van der Waals surface area contributed by atoms with Crippen LogP contribution in [0.4, 0.5) is 5.69 Å². The molecule has 1 aliphatic rings. The van der Waals surface area contributed by atoms with Crippen molar-refractivity contribution in [2.24, 2.45) is 17.6 Å². The lowest BCUT2D eigenvalue weighted by atomic mass is 10.1. The predicted octanol–water partition coefficient (Wildman–Crippen LogP) is 2.03. The van der Waals surface area contributed by atoms with Gasteiger partial charge in [0.05, 0.1) is 0 Å². The second-order valence-electron chi connectivity index (χ2n) is 4.96. The molecule has 0 bridgehead atoms. The average molecular weight is 233 g/mol. The molecule has 4 heteroatoms. The van der Waals surface area contributed by atoms with Gasteiger partial charge in [-0.2, -0.15) is 0 Å². The van der Waals surface area contributed by atoms with Crippen LogP contribution in [0.25, 0.3) is 0 Å². The first-order valence-corrected chi connectivity index (χ1v) is 6.15. The molecule has 92 valence electrons. The minimum atomic E-state index is -0.483. The Labute approximate surface area is 102 Å². The third-order valence-electron chi connectivity index (χ3n) is 3.41. The van der Waals surface area contributed by atoms with E-state index in [2.05, 4.69) is 17.2 Å². The molecule has 1 saturated carbocycles. The zero-order valence-electron chi connectivity index (χ0n) is 10.1. The minimum Gasteiger partial charge on any atom is -0.385 e. The zero-order chi connectivity index (χ0) is 12.3. The highest BCUT2D eigenvalue weighted by atomic mass is 16.1. The molecule has 1 aliphatic carbocycles. The molecule has 0 spiro atoms. The molecule has 1 aromatic heterocycles. The van der Waals surface area contributed by atoms with Crippen molar-refractivity contribution in [3.05, 3.63) is 24.0 Å². The molecule has 2 atom stereocenters. The quantitative estimate of drug-likeness (QED) is 0.836. The first kappa shape index (κ1) is 11.9. The molecule has 0 aliphatic heterocycles. The summed E-state index contributed by atoms with van der Waals surface area (Å²) in [6, 6.07) is 3.57. The van der Waals surface area contributed by atoms with Gasteiger partial charge in [0, 0.05) is 18.4 Å². The molecule has 1 amide bonds. The molecule has 1 aromatic rings. The van der Waals surface area contributed by atoms with Gasteiger partial charge in [0.1, 0.15) is 5.69 Å². The Morgan fingerprint density at radius 2 is 2.41 bits per heavy atom. The van der Waals surface area contributed by atoms with E-state index in [-0.39, 0.29) is 0 Å². The summed E-state index contributed by atoms with van der Waals surface area (Å²) in [7, 11) is 0. The molecule has 0 radical (unpaired) electrons. The number of primary amides is 1. The van der Waals surface area contributed by atoms with E-state index in [0.717, 1.165) is 24.1 Å². The van der Waals surface area contributed by atoms with Gasteiger partial charge in [-0.15, -0.1) is 0 Å². The van der Waals surface area contributed by atoms with E-state index < -0.39 is 5.91 Å². The number of carbonyl (C=O) groups is 1. The van der Waals surface area contributed by atoms with E-state index in [0.29, 0.717) is 5.69 Å². The molecule has 0 saturated heterocycles. The van der Waals surface area contributed by atoms with Crippen LogP contribution in [0.3, 0.4) is 0 Å². The number of rotatable bonds is 4. The largest absolute Gasteiger partial charge is 0.385 e. The van der Waals surface area contributed by atoms with E-state index in [9.17, 15) is 4.79 Å². The van der Waals surface area contributed by atoms with Crippen LogP contribution in [0, 0.1) is 11.8 Å². The topological polar surface area (TPSA) is 68.0 Å². The molecular weight excluding hydrogens is 214 g/mol. The molecule has 17 heavy (non-hydrogen) atoms. The van der Waals surface area contributed by atoms with E-state index in [4.69, 9.17) is 5.73 Å². The third kappa shape index (κ3) is 3.19. The summed E-state index contributed by atoms with van der Waals surface area (Å²) in [5.74, 6) is 1.11. The summed E-state index contributed by atoms with van der Waals surface area (Å²) >= 11 is 0.